The number of ketones is 1. The molecule has 0 fully saturated rings. The minimum atomic E-state index is -4.78. The standard InChI is InChI=1S/C8H10F3N3O/c1-7(12,8(9,10)11)6(15)5-3-4-13-14(5)2/h3-4H,12H2,1-2H3. The van der Waals surface area contributed by atoms with Crippen LogP contribution < -0.4 is 5.73 Å². The van der Waals surface area contributed by atoms with Crippen LogP contribution in [0.25, 0.3) is 0 Å². The third-order valence-electron chi connectivity index (χ3n) is 2.11. The van der Waals surface area contributed by atoms with Gasteiger partial charge in [0, 0.05) is 13.2 Å². The lowest BCUT2D eigenvalue weighted by Gasteiger charge is -2.25. The minimum Gasteiger partial charge on any atom is -0.311 e. The number of carbonyl (C=O) groups is 1. The highest BCUT2D eigenvalue weighted by Crippen LogP contribution is 2.30. The first-order valence-electron chi connectivity index (χ1n) is 4.06. The van der Waals surface area contributed by atoms with Crippen molar-refractivity contribution in [3.63, 3.8) is 0 Å². The second kappa shape index (κ2) is 3.34. The summed E-state index contributed by atoms with van der Waals surface area (Å²) < 4.78 is 38.4. The maximum absolute atomic E-state index is 12.4. The molecule has 15 heavy (non-hydrogen) atoms. The topological polar surface area (TPSA) is 60.9 Å². The van der Waals surface area contributed by atoms with Gasteiger partial charge in [-0.3, -0.25) is 9.48 Å². The van der Waals surface area contributed by atoms with Gasteiger partial charge in [-0.15, -0.1) is 0 Å². The molecule has 1 rings (SSSR count). The number of hydrogen-bond donors (Lipinski definition) is 1. The van der Waals surface area contributed by atoms with Crippen molar-refractivity contribution in [3.05, 3.63) is 18.0 Å². The van der Waals surface area contributed by atoms with E-state index in [0.29, 0.717) is 6.92 Å². The van der Waals surface area contributed by atoms with Crippen LogP contribution in [0.15, 0.2) is 12.3 Å². The number of aromatic nitrogens is 2. The number of carbonyl (C=O) groups excluding carboxylic acids is 1. The van der Waals surface area contributed by atoms with E-state index in [4.69, 9.17) is 5.73 Å². The fourth-order valence-electron chi connectivity index (χ4n) is 0.991. The largest absolute Gasteiger partial charge is 0.413 e. The van der Waals surface area contributed by atoms with Gasteiger partial charge >= 0.3 is 6.18 Å². The predicted octanol–water partition coefficient (Wildman–Crippen LogP) is 0.883. The molecule has 2 N–H and O–H groups in total. The number of alkyl halides is 3. The lowest BCUT2D eigenvalue weighted by Crippen LogP contribution is -2.57. The molecule has 0 aliphatic rings. The monoisotopic (exact) mass is 221 g/mol. The van der Waals surface area contributed by atoms with Gasteiger partial charge in [-0.05, 0) is 13.0 Å². The third kappa shape index (κ3) is 1.87. The molecule has 0 bridgehead atoms. The van der Waals surface area contributed by atoms with Crippen LogP contribution >= 0.6 is 0 Å². The molecule has 0 saturated heterocycles. The van der Waals surface area contributed by atoms with E-state index in [9.17, 15) is 18.0 Å². The zero-order chi connectivity index (χ0) is 11.9. The highest BCUT2D eigenvalue weighted by Gasteiger charge is 2.54. The summed E-state index contributed by atoms with van der Waals surface area (Å²) in [5.41, 5.74) is 1.92. The van der Waals surface area contributed by atoms with Gasteiger partial charge in [0.2, 0.25) is 5.78 Å². The van der Waals surface area contributed by atoms with Crippen molar-refractivity contribution in [2.24, 2.45) is 12.8 Å². The Balaban J connectivity index is 3.11. The average molecular weight is 221 g/mol. The second-order valence-electron chi connectivity index (χ2n) is 3.37. The highest BCUT2D eigenvalue weighted by molar-refractivity contribution is 6.02. The van der Waals surface area contributed by atoms with E-state index in [-0.39, 0.29) is 5.69 Å². The van der Waals surface area contributed by atoms with E-state index in [0.717, 1.165) is 4.68 Å². The van der Waals surface area contributed by atoms with E-state index in [2.05, 4.69) is 5.10 Å². The molecule has 0 aliphatic carbocycles. The Morgan fingerprint density at radius 2 is 2.07 bits per heavy atom. The predicted molar refractivity (Wildman–Crippen MR) is 46.2 cm³/mol. The fourth-order valence-corrected chi connectivity index (χ4v) is 0.991. The number of rotatable bonds is 2. The molecule has 0 aromatic carbocycles. The Morgan fingerprint density at radius 1 is 1.53 bits per heavy atom. The second-order valence-corrected chi connectivity index (χ2v) is 3.37. The van der Waals surface area contributed by atoms with Gasteiger partial charge in [-0.25, -0.2) is 0 Å². The first kappa shape index (κ1) is 11.7. The van der Waals surface area contributed by atoms with Crippen molar-refractivity contribution in [2.75, 3.05) is 0 Å². The molecule has 0 spiro atoms. The number of Topliss-reactive ketones (excluding diaryl/α,β-unsaturated/α-hetero) is 1. The van der Waals surface area contributed by atoms with E-state index < -0.39 is 17.5 Å². The van der Waals surface area contributed by atoms with Crippen LogP contribution in [0.5, 0.6) is 0 Å². The van der Waals surface area contributed by atoms with E-state index in [1.807, 2.05) is 0 Å². The summed E-state index contributed by atoms with van der Waals surface area (Å²) in [6.45, 7) is 0.641. The van der Waals surface area contributed by atoms with Gasteiger partial charge in [-0.1, -0.05) is 0 Å². The molecule has 0 saturated carbocycles. The zero-order valence-corrected chi connectivity index (χ0v) is 8.17. The summed E-state index contributed by atoms with van der Waals surface area (Å²) in [4.78, 5) is 11.5. The fraction of sp³-hybridized carbons (Fsp3) is 0.500. The lowest BCUT2D eigenvalue weighted by atomic mass is 9.95. The maximum atomic E-state index is 12.4. The summed E-state index contributed by atoms with van der Waals surface area (Å²) >= 11 is 0. The molecule has 4 nitrogen and oxygen atoms in total. The molecule has 1 unspecified atom stereocenters. The normalized spacial score (nSPS) is 16.1. The number of nitrogens with two attached hydrogens (primary N) is 1. The molecular weight excluding hydrogens is 211 g/mol. The van der Waals surface area contributed by atoms with Crippen molar-refractivity contribution in [1.82, 2.24) is 9.78 Å². The molecule has 1 aromatic rings. The van der Waals surface area contributed by atoms with Crippen molar-refractivity contribution in [3.8, 4) is 0 Å². The van der Waals surface area contributed by atoms with Gasteiger partial charge in [-0.2, -0.15) is 18.3 Å². The summed E-state index contributed by atoms with van der Waals surface area (Å²) in [6, 6.07) is 1.19. The Labute approximate surface area is 83.9 Å². The first-order chi connectivity index (χ1) is 6.68. The van der Waals surface area contributed by atoms with Crippen LogP contribution in [-0.2, 0) is 7.05 Å². The molecule has 1 atom stereocenters. The van der Waals surface area contributed by atoms with Gasteiger partial charge in [0.15, 0.2) is 5.54 Å². The van der Waals surface area contributed by atoms with E-state index in [1.165, 1.54) is 19.3 Å². The molecule has 0 amide bonds. The Hall–Kier alpha value is -1.37. The molecule has 1 aromatic heterocycles. The summed E-state index contributed by atoms with van der Waals surface area (Å²) in [7, 11) is 1.37. The van der Waals surface area contributed by atoms with Gasteiger partial charge < -0.3 is 5.73 Å². The van der Waals surface area contributed by atoms with Crippen molar-refractivity contribution in [2.45, 2.75) is 18.6 Å². The Kier molecular flexibility index (Phi) is 2.60. The van der Waals surface area contributed by atoms with E-state index >= 15 is 0 Å². The number of hydrogen-bond acceptors (Lipinski definition) is 3. The van der Waals surface area contributed by atoms with Crippen molar-refractivity contribution >= 4 is 5.78 Å². The van der Waals surface area contributed by atoms with Crippen LogP contribution in [0.2, 0.25) is 0 Å². The van der Waals surface area contributed by atoms with Gasteiger partial charge in [0.05, 0.1) is 0 Å². The Morgan fingerprint density at radius 3 is 2.40 bits per heavy atom. The van der Waals surface area contributed by atoms with E-state index in [1.54, 1.807) is 0 Å². The third-order valence-corrected chi connectivity index (χ3v) is 2.11. The van der Waals surface area contributed by atoms with Crippen molar-refractivity contribution in [1.29, 1.82) is 0 Å². The summed E-state index contributed by atoms with van der Waals surface area (Å²) in [6.07, 6.45) is -3.55. The molecule has 0 radical (unpaired) electrons. The van der Waals surface area contributed by atoms with Gasteiger partial charge in [0.25, 0.3) is 0 Å². The highest BCUT2D eigenvalue weighted by atomic mass is 19.4. The number of nitrogens with zero attached hydrogens (tertiary/aromatic N) is 2. The summed E-state index contributed by atoms with van der Waals surface area (Å²) in [5.74, 6) is -1.20. The van der Waals surface area contributed by atoms with Crippen LogP contribution in [-0.4, -0.2) is 27.3 Å². The average Bonchev–Trinajstić information content (AvgIpc) is 2.48. The number of halogens is 3. The first-order valence-corrected chi connectivity index (χ1v) is 4.06. The molecule has 1 heterocycles. The van der Waals surface area contributed by atoms with Crippen molar-refractivity contribution < 1.29 is 18.0 Å². The van der Waals surface area contributed by atoms with Crippen LogP contribution in [0.1, 0.15) is 17.4 Å². The quantitative estimate of drug-likeness (QED) is 0.754. The SMILES string of the molecule is Cn1nccc1C(=O)C(C)(N)C(F)(F)F. The minimum absolute atomic E-state index is 0.169. The maximum Gasteiger partial charge on any atom is 0.413 e. The van der Waals surface area contributed by atoms with Gasteiger partial charge in [0.1, 0.15) is 5.69 Å². The number of aryl methyl sites for hydroxylation is 1. The Bertz CT molecular complexity index is 381. The smallest absolute Gasteiger partial charge is 0.311 e. The molecule has 0 aliphatic heterocycles. The summed E-state index contributed by atoms with van der Waals surface area (Å²) in [5, 5.41) is 3.61. The lowest BCUT2D eigenvalue weighted by molar-refractivity contribution is -0.166. The molecule has 84 valence electrons. The molecule has 7 heteroatoms. The molecular formula is C8H10F3N3O. The van der Waals surface area contributed by atoms with Crippen LogP contribution in [0, 0.1) is 0 Å². The zero-order valence-electron chi connectivity index (χ0n) is 8.17. The van der Waals surface area contributed by atoms with Crippen LogP contribution in [0.4, 0.5) is 13.2 Å². The van der Waals surface area contributed by atoms with Crippen LogP contribution in [0.3, 0.4) is 0 Å².